The van der Waals surface area contributed by atoms with E-state index in [4.69, 9.17) is 0 Å². The minimum absolute atomic E-state index is 0.00869. The van der Waals surface area contributed by atoms with Crippen LogP contribution in [-0.2, 0) is 0 Å². The Bertz CT molecular complexity index is 504. The van der Waals surface area contributed by atoms with Gasteiger partial charge in [-0.05, 0) is 68.8 Å². The normalized spacial score (nSPS) is 30.5. The minimum atomic E-state index is -0.00869. The molecule has 3 N–H and O–H groups in total. The Morgan fingerprint density at radius 3 is 1.96 bits per heavy atom. The maximum atomic E-state index is 12.2. The molecule has 3 rings (SSSR count). The number of aliphatic hydroxyl groups is 1. The summed E-state index contributed by atoms with van der Waals surface area (Å²) >= 11 is 0. The van der Waals surface area contributed by atoms with Crippen molar-refractivity contribution >= 4 is 6.03 Å². The fraction of sp³-hybridized carbons (Fsp3) is 0.650. The zero-order chi connectivity index (χ0) is 16.8. The quantitative estimate of drug-likeness (QED) is 0.790. The third-order valence-corrected chi connectivity index (χ3v) is 5.77. The van der Waals surface area contributed by atoms with Gasteiger partial charge in [0.1, 0.15) is 0 Å². The highest BCUT2D eigenvalue weighted by atomic mass is 16.3. The molecule has 132 valence electrons. The second-order valence-electron chi connectivity index (χ2n) is 7.48. The number of urea groups is 1. The molecule has 1 aromatic rings. The number of nitrogens with one attached hydrogen (secondary N) is 2. The van der Waals surface area contributed by atoms with Crippen molar-refractivity contribution in [3.8, 4) is 0 Å². The van der Waals surface area contributed by atoms with E-state index in [-0.39, 0.29) is 18.7 Å². The predicted molar refractivity (Wildman–Crippen MR) is 95.9 cm³/mol. The molecule has 2 saturated carbocycles. The lowest BCUT2D eigenvalue weighted by Crippen LogP contribution is -2.48. The van der Waals surface area contributed by atoms with Crippen molar-refractivity contribution in [1.29, 1.82) is 0 Å². The third kappa shape index (κ3) is 4.73. The van der Waals surface area contributed by atoms with Crippen LogP contribution >= 0.6 is 0 Å². The lowest BCUT2D eigenvalue weighted by molar-refractivity contribution is 0.173. The fourth-order valence-corrected chi connectivity index (χ4v) is 4.20. The van der Waals surface area contributed by atoms with Crippen LogP contribution in [0.5, 0.6) is 0 Å². The number of rotatable bonds is 4. The minimum Gasteiger partial charge on any atom is -0.396 e. The Kier molecular flexibility index (Phi) is 6.13. The topological polar surface area (TPSA) is 61.4 Å². The van der Waals surface area contributed by atoms with Gasteiger partial charge in [-0.25, -0.2) is 4.79 Å². The highest BCUT2D eigenvalue weighted by Crippen LogP contribution is 2.32. The summed E-state index contributed by atoms with van der Waals surface area (Å²) in [5.74, 6) is 1.07. The molecule has 0 bridgehead atoms. The molecule has 1 aromatic carbocycles. The van der Waals surface area contributed by atoms with Gasteiger partial charge in [-0.2, -0.15) is 0 Å². The monoisotopic (exact) mass is 330 g/mol. The van der Waals surface area contributed by atoms with E-state index >= 15 is 0 Å². The molecule has 24 heavy (non-hydrogen) atoms. The Labute approximate surface area is 145 Å². The molecule has 2 aliphatic carbocycles. The van der Waals surface area contributed by atoms with Crippen LogP contribution in [0.2, 0.25) is 0 Å². The van der Waals surface area contributed by atoms with Gasteiger partial charge in [0.05, 0.1) is 0 Å². The third-order valence-electron chi connectivity index (χ3n) is 5.77. The predicted octanol–water partition coefficient (Wildman–Crippen LogP) is 3.56. The standard InChI is InChI=1S/C20H30N2O2/c23-14-15-6-10-18(11-7-15)21-20(24)22-19-12-8-17(9-13-19)16-4-2-1-3-5-16/h1-5,15,17-19,23H,6-14H2,(H2,21,22,24). The van der Waals surface area contributed by atoms with Gasteiger partial charge in [0, 0.05) is 18.7 Å². The summed E-state index contributed by atoms with van der Waals surface area (Å²) in [6.45, 7) is 0.281. The lowest BCUT2D eigenvalue weighted by Gasteiger charge is -2.31. The lowest BCUT2D eigenvalue weighted by atomic mass is 9.82. The van der Waals surface area contributed by atoms with E-state index in [9.17, 15) is 9.90 Å². The largest absolute Gasteiger partial charge is 0.396 e. The van der Waals surface area contributed by atoms with Crippen LogP contribution < -0.4 is 10.6 Å². The van der Waals surface area contributed by atoms with E-state index in [1.54, 1.807) is 0 Å². The maximum Gasteiger partial charge on any atom is 0.315 e. The highest BCUT2D eigenvalue weighted by molar-refractivity contribution is 5.74. The van der Waals surface area contributed by atoms with Crippen molar-refractivity contribution in [2.45, 2.75) is 69.4 Å². The molecular weight excluding hydrogens is 300 g/mol. The first-order valence-corrected chi connectivity index (χ1v) is 9.47. The molecule has 0 atom stereocenters. The van der Waals surface area contributed by atoms with E-state index in [0.29, 0.717) is 17.9 Å². The summed E-state index contributed by atoms with van der Waals surface area (Å²) in [5, 5.41) is 15.5. The van der Waals surface area contributed by atoms with E-state index in [0.717, 1.165) is 51.4 Å². The zero-order valence-corrected chi connectivity index (χ0v) is 14.4. The van der Waals surface area contributed by atoms with Gasteiger partial charge >= 0.3 is 6.03 Å². The van der Waals surface area contributed by atoms with Crippen LogP contribution in [0.25, 0.3) is 0 Å². The van der Waals surface area contributed by atoms with Crippen LogP contribution in [0.1, 0.15) is 62.8 Å². The molecule has 2 amide bonds. The van der Waals surface area contributed by atoms with Crippen molar-refractivity contribution in [1.82, 2.24) is 10.6 Å². The molecule has 0 radical (unpaired) electrons. The molecule has 0 heterocycles. The van der Waals surface area contributed by atoms with Crippen LogP contribution in [-0.4, -0.2) is 29.8 Å². The maximum absolute atomic E-state index is 12.2. The van der Waals surface area contributed by atoms with E-state index in [1.807, 2.05) is 0 Å². The average molecular weight is 330 g/mol. The summed E-state index contributed by atoms with van der Waals surface area (Å²) in [5.41, 5.74) is 1.43. The van der Waals surface area contributed by atoms with Crippen LogP contribution in [0.15, 0.2) is 30.3 Å². The first kappa shape index (κ1) is 17.3. The summed E-state index contributed by atoms with van der Waals surface area (Å²) < 4.78 is 0. The molecule has 0 unspecified atom stereocenters. The summed E-state index contributed by atoms with van der Waals surface area (Å²) in [7, 11) is 0. The molecule has 0 saturated heterocycles. The average Bonchev–Trinajstić information content (AvgIpc) is 2.64. The zero-order valence-electron chi connectivity index (χ0n) is 14.4. The SMILES string of the molecule is O=C(NC1CCC(CO)CC1)NC1CCC(c2ccccc2)CC1. The van der Waals surface area contributed by atoms with Crippen molar-refractivity contribution < 1.29 is 9.90 Å². The molecule has 0 aromatic heterocycles. The fourth-order valence-electron chi connectivity index (χ4n) is 4.20. The first-order valence-electron chi connectivity index (χ1n) is 9.47. The number of aliphatic hydroxyl groups excluding tert-OH is 1. The Balaban J connectivity index is 1.37. The van der Waals surface area contributed by atoms with Gasteiger partial charge in [0.15, 0.2) is 0 Å². The second-order valence-corrected chi connectivity index (χ2v) is 7.48. The first-order chi connectivity index (χ1) is 11.7. The molecule has 0 spiro atoms. The molecule has 2 fully saturated rings. The van der Waals surface area contributed by atoms with Gasteiger partial charge < -0.3 is 15.7 Å². The van der Waals surface area contributed by atoms with Gasteiger partial charge in [-0.1, -0.05) is 30.3 Å². The number of carbonyl (C=O) groups excluding carboxylic acids is 1. The molecule has 2 aliphatic rings. The van der Waals surface area contributed by atoms with Crippen molar-refractivity contribution in [3.63, 3.8) is 0 Å². The number of benzene rings is 1. The number of hydrogen-bond donors (Lipinski definition) is 3. The van der Waals surface area contributed by atoms with Gasteiger partial charge in [0.25, 0.3) is 0 Å². The van der Waals surface area contributed by atoms with Gasteiger partial charge in [-0.3, -0.25) is 0 Å². The van der Waals surface area contributed by atoms with E-state index < -0.39 is 0 Å². The van der Waals surface area contributed by atoms with Crippen LogP contribution in [0, 0.1) is 5.92 Å². The van der Waals surface area contributed by atoms with Crippen molar-refractivity contribution in [3.05, 3.63) is 35.9 Å². The number of carbonyl (C=O) groups is 1. The smallest absolute Gasteiger partial charge is 0.315 e. The Morgan fingerprint density at radius 1 is 0.875 bits per heavy atom. The Morgan fingerprint density at radius 2 is 1.42 bits per heavy atom. The number of hydrogen-bond acceptors (Lipinski definition) is 2. The molecular formula is C20H30N2O2. The summed E-state index contributed by atoms with van der Waals surface area (Å²) in [4.78, 5) is 12.2. The van der Waals surface area contributed by atoms with Crippen LogP contribution in [0.3, 0.4) is 0 Å². The highest BCUT2D eigenvalue weighted by Gasteiger charge is 2.25. The van der Waals surface area contributed by atoms with Crippen LogP contribution in [0.4, 0.5) is 4.79 Å². The summed E-state index contributed by atoms with van der Waals surface area (Å²) in [6, 6.07) is 11.3. The second kappa shape index (κ2) is 8.52. The van der Waals surface area contributed by atoms with Crippen molar-refractivity contribution in [2.24, 2.45) is 5.92 Å². The van der Waals surface area contributed by atoms with Crippen molar-refractivity contribution in [2.75, 3.05) is 6.61 Å². The number of amides is 2. The van der Waals surface area contributed by atoms with Gasteiger partial charge in [-0.15, -0.1) is 0 Å². The Hall–Kier alpha value is -1.55. The molecule has 4 nitrogen and oxygen atoms in total. The molecule has 0 aliphatic heterocycles. The summed E-state index contributed by atoms with van der Waals surface area (Å²) in [6.07, 6.45) is 8.42. The van der Waals surface area contributed by atoms with Gasteiger partial charge in [0.2, 0.25) is 0 Å². The van der Waals surface area contributed by atoms with E-state index in [2.05, 4.69) is 41.0 Å². The van der Waals surface area contributed by atoms with E-state index in [1.165, 1.54) is 5.56 Å². The molecule has 4 heteroatoms.